The quantitative estimate of drug-likeness (QED) is 0.493. The first-order valence-electron chi connectivity index (χ1n) is 7.61. The van der Waals surface area contributed by atoms with E-state index in [4.69, 9.17) is 0 Å². The maximum Gasteiger partial charge on any atom is 0.267 e. The molecule has 8 heteroatoms. The second kappa shape index (κ2) is 12.9. The van der Waals surface area contributed by atoms with E-state index in [9.17, 15) is 9.59 Å². The molecule has 1 heterocycles. The molecule has 0 atom stereocenters. The number of carbonyl (C=O) groups excluding carboxylic acids is 2. The third kappa shape index (κ3) is 7.65. The molecule has 2 rings (SSSR count). The zero-order valence-electron chi connectivity index (χ0n) is 14.3. The molecule has 0 unspecified atom stereocenters. The van der Waals surface area contributed by atoms with E-state index in [1.807, 2.05) is 12.1 Å². The highest BCUT2D eigenvalue weighted by Crippen LogP contribution is 2.06. The summed E-state index contributed by atoms with van der Waals surface area (Å²) < 4.78 is 0. The maximum absolute atomic E-state index is 12.3. The summed E-state index contributed by atoms with van der Waals surface area (Å²) in [7, 11) is 1.80. The van der Waals surface area contributed by atoms with Crippen molar-refractivity contribution in [3.8, 4) is 0 Å². The fourth-order valence-electron chi connectivity index (χ4n) is 1.97. The first kappa shape index (κ1) is 23.6. The SMILES string of the molecule is CNCCNC(=O)/C(=C\c1cccnc1)NC(=O)c1ccccc1.Cl.Cl. The molecule has 3 N–H and O–H groups in total. The van der Waals surface area contributed by atoms with Gasteiger partial charge in [0.1, 0.15) is 5.70 Å². The van der Waals surface area contributed by atoms with Gasteiger partial charge in [0, 0.05) is 31.0 Å². The van der Waals surface area contributed by atoms with Gasteiger partial charge in [-0.05, 0) is 36.9 Å². The fraction of sp³-hybridized carbons (Fsp3) is 0.167. The van der Waals surface area contributed by atoms with E-state index in [1.54, 1.807) is 55.8 Å². The van der Waals surface area contributed by atoms with E-state index in [0.717, 1.165) is 5.56 Å². The van der Waals surface area contributed by atoms with Gasteiger partial charge in [-0.2, -0.15) is 0 Å². The van der Waals surface area contributed by atoms with Crippen LogP contribution in [0.2, 0.25) is 0 Å². The van der Waals surface area contributed by atoms with Gasteiger partial charge in [-0.3, -0.25) is 14.6 Å². The lowest BCUT2D eigenvalue weighted by atomic mass is 10.2. The lowest BCUT2D eigenvalue weighted by Crippen LogP contribution is -2.37. The molecule has 0 aliphatic heterocycles. The Morgan fingerprint density at radius 3 is 2.38 bits per heavy atom. The van der Waals surface area contributed by atoms with E-state index < -0.39 is 0 Å². The average Bonchev–Trinajstić information content (AvgIpc) is 2.63. The predicted octanol–water partition coefficient (Wildman–Crippen LogP) is 2.03. The van der Waals surface area contributed by atoms with Gasteiger partial charge >= 0.3 is 0 Å². The number of halogens is 2. The molecule has 26 heavy (non-hydrogen) atoms. The van der Waals surface area contributed by atoms with Gasteiger partial charge in [-0.25, -0.2) is 0 Å². The van der Waals surface area contributed by atoms with Gasteiger partial charge in [0.05, 0.1) is 0 Å². The Labute approximate surface area is 165 Å². The summed E-state index contributed by atoms with van der Waals surface area (Å²) in [4.78, 5) is 28.7. The number of rotatable bonds is 7. The molecule has 0 aliphatic rings. The van der Waals surface area contributed by atoms with E-state index in [2.05, 4.69) is 20.9 Å². The zero-order chi connectivity index (χ0) is 17.2. The minimum Gasteiger partial charge on any atom is -0.349 e. The molecule has 0 bridgehead atoms. The summed E-state index contributed by atoms with van der Waals surface area (Å²) in [5.41, 5.74) is 1.38. The van der Waals surface area contributed by atoms with Crippen molar-refractivity contribution in [3.05, 3.63) is 71.7 Å². The van der Waals surface area contributed by atoms with Crippen LogP contribution in [0.25, 0.3) is 6.08 Å². The molecule has 1 aromatic carbocycles. The van der Waals surface area contributed by atoms with Crippen molar-refractivity contribution in [1.29, 1.82) is 0 Å². The summed E-state index contributed by atoms with van der Waals surface area (Å²) in [5, 5.41) is 8.37. The molecule has 2 aromatic rings. The Morgan fingerprint density at radius 1 is 1.04 bits per heavy atom. The largest absolute Gasteiger partial charge is 0.349 e. The standard InChI is InChI=1S/C18H20N4O2.2ClH/c1-19-10-11-21-18(24)16(12-14-6-5-9-20-13-14)22-17(23)15-7-3-2-4-8-15;;/h2-9,12-13,19H,10-11H2,1H3,(H,21,24)(H,22,23);2*1H/b16-12+;;. The zero-order valence-corrected chi connectivity index (χ0v) is 15.9. The van der Waals surface area contributed by atoms with Crippen LogP contribution in [-0.2, 0) is 4.79 Å². The molecule has 6 nitrogen and oxygen atoms in total. The Bertz CT molecular complexity index is 710. The number of hydrogen-bond donors (Lipinski definition) is 3. The summed E-state index contributed by atoms with van der Waals surface area (Å²) in [6.07, 6.45) is 4.87. The van der Waals surface area contributed by atoms with Gasteiger partial charge in [-0.15, -0.1) is 24.8 Å². The van der Waals surface area contributed by atoms with E-state index >= 15 is 0 Å². The van der Waals surface area contributed by atoms with Crippen molar-refractivity contribution >= 4 is 42.7 Å². The molecule has 0 fully saturated rings. The Morgan fingerprint density at radius 2 is 1.77 bits per heavy atom. The summed E-state index contributed by atoms with van der Waals surface area (Å²) >= 11 is 0. The van der Waals surface area contributed by atoms with Crippen LogP contribution < -0.4 is 16.0 Å². The van der Waals surface area contributed by atoms with Gasteiger partial charge < -0.3 is 16.0 Å². The number of benzene rings is 1. The number of likely N-dealkylation sites (N-methyl/N-ethyl adjacent to an activating group) is 1. The number of nitrogens with one attached hydrogen (secondary N) is 3. The Hall–Kier alpha value is -2.41. The molecule has 0 aliphatic carbocycles. The molecular formula is C18H22Cl2N4O2. The van der Waals surface area contributed by atoms with Crippen molar-refractivity contribution in [2.45, 2.75) is 0 Å². The first-order chi connectivity index (χ1) is 11.7. The highest BCUT2D eigenvalue weighted by atomic mass is 35.5. The highest BCUT2D eigenvalue weighted by molar-refractivity contribution is 6.05. The van der Waals surface area contributed by atoms with Gasteiger partial charge in [0.25, 0.3) is 11.8 Å². The Kier molecular flexibility index (Phi) is 11.7. The van der Waals surface area contributed by atoms with Crippen molar-refractivity contribution in [2.75, 3.05) is 20.1 Å². The lowest BCUT2D eigenvalue weighted by molar-refractivity contribution is -0.117. The van der Waals surface area contributed by atoms with Crippen LogP contribution >= 0.6 is 24.8 Å². The number of amides is 2. The topological polar surface area (TPSA) is 83.1 Å². The Balaban J connectivity index is 0.00000312. The van der Waals surface area contributed by atoms with Crippen molar-refractivity contribution in [2.24, 2.45) is 0 Å². The highest BCUT2D eigenvalue weighted by Gasteiger charge is 2.14. The molecule has 0 saturated heterocycles. The lowest BCUT2D eigenvalue weighted by Gasteiger charge is -2.11. The van der Waals surface area contributed by atoms with Crippen LogP contribution in [0.5, 0.6) is 0 Å². The summed E-state index contributed by atoms with van der Waals surface area (Å²) in [5.74, 6) is -0.687. The van der Waals surface area contributed by atoms with Crippen LogP contribution in [0.1, 0.15) is 15.9 Å². The summed E-state index contributed by atoms with van der Waals surface area (Å²) in [6, 6.07) is 12.3. The third-order valence-electron chi connectivity index (χ3n) is 3.18. The van der Waals surface area contributed by atoms with Crippen molar-refractivity contribution < 1.29 is 9.59 Å². The molecule has 1 aromatic heterocycles. The van der Waals surface area contributed by atoms with Crippen molar-refractivity contribution in [3.63, 3.8) is 0 Å². The summed E-state index contributed by atoms with van der Waals surface area (Å²) in [6.45, 7) is 1.10. The van der Waals surface area contributed by atoms with Gasteiger partial charge in [0.15, 0.2) is 0 Å². The van der Waals surface area contributed by atoms with Crippen molar-refractivity contribution in [1.82, 2.24) is 20.9 Å². The van der Waals surface area contributed by atoms with E-state index in [1.165, 1.54) is 0 Å². The molecule has 140 valence electrons. The normalized spacial score (nSPS) is 10.1. The molecular weight excluding hydrogens is 375 g/mol. The number of hydrogen-bond acceptors (Lipinski definition) is 4. The van der Waals surface area contributed by atoms with Crippen LogP contribution in [-0.4, -0.2) is 36.9 Å². The van der Waals surface area contributed by atoms with Gasteiger partial charge in [0.2, 0.25) is 0 Å². The number of aromatic nitrogens is 1. The van der Waals surface area contributed by atoms with E-state index in [-0.39, 0.29) is 42.3 Å². The minimum atomic E-state index is -0.349. The number of carbonyl (C=O) groups is 2. The minimum absolute atomic E-state index is 0. The monoisotopic (exact) mass is 396 g/mol. The van der Waals surface area contributed by atoms with Crippen LogP contribution in [0, 0.1) is 0 Å². The van der Waals surface area contributed by atoms with Crippen LogP contribution in [0.3, 0.4) is 0 Å². The number of pyridine rings is 1. The number of nitrogens with zero attached hydrogens (tertiary/aromatic N) is 1. The average molecular weight is 397 g/mol. The van der Waals surface area contributed by atoms with Crippen LogP contribution in [0.15, 0.2) is 60.6 Å². The molecule has 0 spiro atoms. The smallest absolute Gasteiger partial charge is 0.267 e. The fourth-order valence-corrected chi connectivity index (χ4v) is 1.97. The second-order valence-corrected chi connectivity index (χ2v) is 5.02. The third-order valence-corrected chi connectivity index (χ3v) is 3.18. The second-order valence-electron chi connectivity index (χ2n) is 5.02. The molecule has 0 radical (unpaired) electrons. The first-order valence-corrected chi connectivity index (χ1v) is 7.61. The molecule has 2 amide bonds. The van der Waals surface area contributed by atoms with Gasteiger partial charge in [-0.1, -0.05) is 24.3 Å². The molecule has 0 saturated carbocycles. The van der Waals surface area contributed by atoms with E-state index in [0.29, 0.717) is 18.7 Å². The predicted molar refractivity (Wildman–Crippen MR) is 108 cm³/mol. The van der Waals surface area contributed by atoms with Crippen LogP contribution in [0.4, 0.5) is 0 Å². The maximum atomic E-state index is 12.3.